The van der Waals surface area contributed by atoms with Crippen LogP contribution in [-0.4, -0.2) is 0 Å². The van der Waals surface area contributed by atoms with Crippen molar-refractivity contribution in [1.82, 2.24) is 0 Å². The minimum absolute atomic E-state index is 0.906. The standard InChI is InChI=1S/C54H35NOS/c1-2-11-36(12-3-1)37-21-23-39(24-22-37)44-13-4-7-18-50(44)55(42-30-25-38(26-31-42)41-29-34-53-49(35-41)47-15-6-9-20-52(47)57-53)43-32-27-40(28-33-43)45-16-10-17-48-46-14-5-8-19-51(46)56-54(45)48/h1-35H. The maximum atomic E-state index is 6.43. The predicted molar refractivity (Wildman–Crippen MR) is 243 cm³/mol. The van der Waals surface area contributed by atoms with Gasteiger partial charge in [0.1, 0.15) is 11.2 Å². The van der Waals surface area contributed by atoms with Crippen molar-refractivity contribution in [2.24, 2.45) is 0 Å². The second-order valence-corrected chi connectivity index (χ2v) is 15.6. The van der Waals surface area contributed by atoms with Crippen molar-refractivity contribution in [2.75, 3.05) is 4.90 Å². The van der Waals surface area contributed by atoms with E-state index in [1.54, 1.807) is 0 Å². The van der Waals surface area contributed by atoms with Gasteiger partial charge in [0.2, 0.25) is 0 Å². The van der Waals surface area contributed by atoms with Crippen LogP contribution in [-0.2, 0) is 0 Å². The zero-order valence-electron chi connectivity index (χ0n) is 31.0. The number of benzene rings is 9. The van der Waals surface area contributed by atoms with E-state index in [0.29, 0.717) is 0 Å². The first kappa shape index (κ1) is 33.2. The van der Waals surface area contributed by atoms with Crippen LogP contribution in [0.4, 0.5) is 17.1 Å². The Morgan fingerprint density at radius 1 is 0.333 bits per heavy atom. The highest BCUT2D eigenvalue weighted by Crippen LogP contribution is 2.44. The van der Waals surface area contributed by atoms with Gasteiger partial charge < -0.3 is 9.32 Å². The largest absolute Gasteiger partial charge is 0.455 e. The SMILES string of the molecule is c1ccc(-c2ccc(-c3ccccc3N(c3ccc(-c4ccc5sc6ccccc6c5c4)cc3)c3ccc(-c4cccc5c4oc4ccccc45)cc3)cc2)cc1. The Labute approximate surface area is 335 Å². The van der Waals surface area contributed by atoms with Crippen LogP contribution < -0.4 is 4.90 Å². The Bertz CT molecular complexity index is 3210. The monoisotopic (exact) mass is 745 g/mol. The fourth-order valence-corrected chi connectivity index (χ4v) is 9.37. The maximum absolute atomic E-state index is 6.43. The Morgan fingerprint density at radius 2 is 0.860 bits per heavy atom. The molecule has 0 aliphatic carbocycles. The quantitative estimate of drug-likeness (QED) is 0.162. The van der Waals surface area contributed by atoms with Gasteiger partial charge in [0.25, 0.3) is 0 Å². The first-order valence-corrected chi connectivity index (χ1v) is 20.1. The summed E-state index contributed by atoms with van der Waals surface area (Å²) in [6.45, 7) is 0. The van der Waals surface area contributed by atoms with Crippen LogP contribution in [0.1, 0.15) is 0 Å². The van der Waals surface area contributed by atoms with Gasteiger partial charge in [0.05, 0.1) is 5.69 Å². The summed E-state index contributed by atoms with van der Waals surface area (Å²) in [5.74, 6) is 0. The Morgan fingerprint density at radius 3 is 1.67 bits per heavy atom. The molecule has 268 valence electrons. The van der Waals surface area contributed by atoms with Crippen LogP contribution >= 0.6 is 11.3 Å². The van der Waals surface area contributed by atoms with Crippen LogP contribution in [0.15, 0.2) is 217 Å². The molecule has 0 radical (unpaired) electrons. The summed E-state index contributed by atoms with van der Waals surface area (Å²) in [6.07, 6.45) is 0. The van der Waals surface area contributed by atoms with Crippen molar-refractivity contribution in [3.05, 3.63) is 212 Å². The summed E-state index contributed by atoms with van der Waals surface area (Å²) in [5.41, 5.74) is 14.4. The Kier molecular flexibility index (Phi) is 8.04. The predicted octanol–water partition coefficient (Wildman–Crippen LogP) is 16.1. The number of thiophene rings is 1. The van der Waals surface area contributed by atoms with Crippen LogP contribution in [0.3, 0.4) is 0 Å². The average molecular weight is 746 g/mol. The zero-order valence-corrected chi connectivity index (χ0v) is 31.8. The lowest BCUT2D eigenvalue weighted by atomic mass is 9.97. The lowest BCUT2D eigenvalue weighted by molar-refractivity contribution is 0.670. The normalized spacial score (nSPS) is 11.5. The van der Waals surface area contributed by atoms with Crippen molar-refractivity contribution in [3.63, 3.8) is 0 Å². The molecule has 0 spiro atoms. The van der Waals surface area contributed by atoms with Crippen LogP contribution in [0.25, 0.3) is 86.6 Å². The third-order valence-electron chi connectivity index (χ3n) is 11.1. The van der Waals surface area contributed by atoms with Crippen molar-refractivity contribution in [1.29, 1.82) is 0 Å². The van der Waals surface area contributed by atoms with Gasteiger partial charge in [-0.15, -0.1) is 11.3 Å². The number of furan rings is 1. The summed E-state index contributed by atoms with van der Waals surface area (Å²) >= 11 is 1.85. The molecule has 3 heteroatoms. The van der Waals surface area contributed by atoms with Gasteiger partial charge in [0.15, 0.2) is 0 Å². The number of fused-ring (bicyclic) bond motifs is 6. The number of anilines is 3. The summed E-state index contributed by atoms with van der Waals surface area (Å²) in [4.78, 5) is 2.38. The molecule has 0 N–H and O–H groups in total. The minimum atomic E-state index is 0.906. The third kappa shape index (κ3) is 5.88. The van der Waals surface area contributed by atoms with Crippen molar-refractivity contribution >= 4 is 70.5 Å². The second-order valence-electron chi connectivity index (χ2n) is 14.5. The average Bonchev–Trinajstić information content (AvgIpc) is 3.86. The van der Waals surface area contributed by atoms with Gasteiger partial charge in [-0.25, -0.2) is 0 Å². The Hall–Kier alpha value is -7.20. The van der Waals surface area contributed by atoms with Gasteiger partial charge >= 0.3 is 0 Å². The minimum Gasteiger partial charge on any atom is -0.455 e. The summed E-state index contributed by atoms with van der Waals surface area (Å²) in [6, 6.07) is 76.4. The molecule has 0 aliphatic heterocycles. The molecule has 9 aromatic carbocycles. The zero-order chi connectivity index (χ0) is 37.7. The highest BCUT2D eigenvalue weighted by molar-refractivity contribution is 7.25. The summed E-state index contributed by atoms with van der Waals surface area (Å²) in [5, 5.41) is 4.89. The first-order valence-electron chi connectivity index (χ1n) is 19.3. The van der Waals surface area contributed by atoms with E-state index in [4.69, 9.17) is 4.42 Å². The molecule has 0 saturated heterocycles. The molecule has 0 amide bonds. The highest BCUT2D eigenvalue weighted by Gasteiger charge is 2.19. The number of nitrogens with zero attached hydrogens (tertiary/aromatic N) is 1. The fraction of sp³-hybridized carbons (Fsp3) is 0. The molecule has 11 aromatic rings. The molecule has 2 nitrogen and oxygen atoms in total. The van der Waals surface area contributed by atoms with Crippen LogP contribution in [0.2, 0.25) is 0 Å². The molecule has 0 unspecified atom stereocenters. The van der Waals surface area contributed by atoms with Crippen molar-refractivity contribution < 1.29 is 4.42 Å². The van der Waals surface area contributed by atoms with Gasteiger partial charge in [-0.3, -0.25) is 0 Å². The lowest BCUT2D eigenvalue weighted by Crippen LogP contribution is -2.11. The fourth-order valence-electron chi connectivity index (χ4n) is 8.29. The van der Waals surface area contributed by atoms with Gasteiger partial charge in [-0.1, -0.05) is 158 Å². The smallest absolute Gasteiger partial charge is 0.143 e. The van der Waals surface area contributed by atoms with Gasteiger partial charge in [-0.05, 0) is 88.0 Å². The second kappa shape index (κ2) is 13.8. The molecule has 0 saturated carbocycles. The molecule has 57 heavy (non-hydrogen) atoms. The number of rotatable bonds is 7. The van der Waals surface area contributed by atoms with E-state index < -0.39 is 0 Å². The number of hydrogen-bond acceptors (Lipinski definition) is 3. The molecule has 0 fully saturated rings. The van der Waals surface area contributed by atoms with Crippen LogP contribution in [0.5, 0.6) is 0 Å². The van der Waals surface area contributed by atoms with E-state index in [0.717, 1.165) is 61.3 Å². The molecular weight excluding hydrogens is 711 g/mol. The van der Waals surface area contributed by atoms with Gasteiger partial charge in [0, 0.05) is 53.4 Å². The lowest BCUT2D eigenvalue weighted by Gasteiger charge is -2.28. The third-order valence-corrected chi connectivity index (χ3v) is 12.3. The maximum Gasteiger partial charge on any atom is 0.143 e. The van der Waals surface area contributed by atoms with E-state index in [-0.39, 0.29) is 0 Å². The van der Waals surface area contributed by atoms with E-state index in [2.05, 4.69) is 205 Å². The van der Waals surface area contributed by atoms with Crippen LogP contribution in [0, 0.1) is 0 Å². The molecule has 11 rings (SSSR count). The van der Waals surface area contributed by atoms with Crippen molar-refractivity contribution in [2.45, 2.75) is 0 Å². The molecular formula is C54H35NOS. The highest BCUT2D eigenvalue weighted by atomic mass is 32.1. The van der Waals surface area contributed by atoms with E-state index in [1.165, 1.54) is 42.4 Å². The Balaban J connectivity index is 1.01. The topological polar surface area (TPSA) is 16.4 Å². The number of para-hydroxylation sites is 3. The molecule has 2 heterocycles. The van der Waals surface area contributed by atoms with Crippen molar-refractivity contribution in [3.8, 4) is 44.5 Å². The van der Waals surface area contributed by atoms with E-state index in [9.17, 15) is 0 Å². The molecule has 2 aromatic heterocycles. The van der Waals surface area contributed by atoms with E-state index >= 15 is 0 Å². The van der Waals surface area contributed by atoms with Gasteiger partial charge in [-0.2, -0.15) is 0 Å². The molecule has 0 atom stereocenters. The number of hydrogen-bond donors (Lipinski definition) is 0. The molecule has 0 bridgehead atoms. The molecule has 0 aliphatic rings. The first-order chi connectivity index (χ1) is 28.2. The summed E-state index contributed by atoms with van der Waals surface area (Å²) < 4.78 is 9.07. The summed E-state index contributed by atoms with van der Waals surface area (Å²) in [7, 11) is 0. The van der Waals surface area contributed by atoms with E-state index in [1.807, 2.05) is 23.5 Å².